The summed E-state index contributed by atoms with van der Waals surface area (Å²) < 4.78 is 13.3. The molecule has 1 heterocycles. The average molecular weight is 487 g/mol. The van der Waals surface area contributed by atoms with E-state index in [1.807, 2.05) is 12.2 Å². The van der Waals surface area contributed by atoms with Crippen molar-refractivity contribution in [3.8, 4) is 0 Å². The molecule has 2 aromatic carbocycles. The van der Waals surface area contributed by atoms with E-state index in [4.69, 9.17) is 23.2 Å². The second-order valence-electron chi connectivity index (χ2n) is 8.41. The van der Waals surface area contributed by atoms with Crippen molar-refractivity contribution in [2.75, 3.05) is 6.54 Å². The molecule has 2 bridgehead atoms. The minimum Gasteiger partial charge on any atom is -0.292 e. The quantitative estimate of drug-likeness (QED) is 0.361. The molecule has 1 saturated carbocycles. The Morgan fingerprint density at radius 1 is 0.909 bits per heavy atom. The number of imide groups is 1. The highest BCUT2D eigenvalue weighted by atomic mass is 35.5. The van der Waals surface area contributed by atoms with Crippen LogP contribution in [0.3, 0.4) is 0 Å². The van der Waals surface area contributed by atoms with Crippen molar-refractivity contribution in [2.24, 2.45) is 23.7 Å². The summed E-state index contributed by atoms with van der Waals surface area (Å²) in [5, 5.41) is 2.03. The summed E-state index contributed by atoms with van der Waals surface area (Å²) in [4.78, 5) is 53.0. The van der Waals surface area contributed by atoms with Crippen LogP contribution in [0.5, 0.6) is 0 Å². The molecule has 3 amide bonds. The highest BCUT2D eigenvalue weighted by molar-refractivity contribution is 6.42. The number of Topliss-reactive ketones (excluding diaryl/α,β-unsaturated/α-hetero) is 1. The summed E-state index contributed by atoms with van der Waals surface area (Å²) in [7, 11) is 0. The molecule has 0 N–H and O–H groups in total. The van der Waals surface area contributed by atoms with E-state index in [0.29, 0.717) is 0 Å². The van der Waals surface area contributed by atoms with E-state index in [1.54, 1.807) is 0 Å². The molecule has 5 rings (SSSR count). The maximum absolute atomic E-state index is 13.5. The number of benzene rings is 2. The van der Waals surface area contributed by atoms with Gasteiger partial charge in [-0.25, -0.2) is 9.40 Å². The van der Waals surface area contributed by atoms with Gasteiger partial charge in [-0.1, -0.05) is 35.4 Å². The lowest BCUT2D eigenvalue weighted by molar-refractivity contribution is -0.154. The SMILES string of the molecule is O=C(CN(C(=O)c1ccc(Cl)c(Cl)c1)N1C(=O)C2C3C=CC(C3)C2C1=O)c1ccc(F)cc1. The van der Waals surface area contributed by atoms with Gasteiger partial charge in [0.15, 0.2) is 5.78 Å². The zero-order valence-corrected chi connectivity index (χ0v) is 18.6. The summed E-state index contributed by atoms with van der Waals surface area (Å²) >= 11 is 12.0. The molecule has 2 aromatic rings. The van der Waals surface area contributed by atoms with Crippen molar-refractivity contribution < 1.29 is 23.6 Å². The number of amides is 3. The number of rotatable bonds is 5. The van der Waals surface area contributed by atoms with E-state index in [1.165, 1.54) is 30.3 Å². The lowest BCUT2D eigenvalue weighted by Crippen LogP contribution is -2.52. The zero-order valence-electron chi connectivity index (χ0n) is 17.1. The zero-order chi connectivity index (χ0) is 23.4. The second-order valence-corrected chi connectivity index (χ2v) is 9.22. The Morgan fingerprint density at radius 2 is 1.48 bits per heavy atom. The topological polar surface area (TPSA) is 74.8 Å². The van der Waals surface area contributed by atoms with Crippen LogP contribution in [0, 0.1) is 29.5 Å². The van der Waals surface area contributed by atoms with E-state index in [2.05, 4.69) is 0 Å². The van der Waals surface area contributed by atoms with Gasteiger partial charge in [0.1, 0.15) is 12.4 Å². The fourth-order valence-electron chi connectivity index (χ4n) is 5.00. The first kappa shape index (κ1) is 21.8. The monoisotopic (exact) mass is 486 g/mol. The Labute approximate surface area is 198 Å². The van der Waals surface area contributed by atoms with Crippen LogP contribution in [0.1, 0.15) is 27.1 Å². The Morgan fingerprint density at radius 3 is 2.06 bits per heavy atom. The van der Waals surface area contributed by atoms with Gasteiger partial charge in [0.25, 0.3) is 17.7 Å². The summed E-state index contributed by atoms with van der Waals surface area (Å²) in [6, 6.07) is 8.96. The molecule has 6 nitrogen and oxygen atoms in total. The minimum absolute atomic E-state index is 0.0591. The maximum atomic E-state index is 13.5. The summed E-state index contributed by atoms with van der Waals surface area (Å²) in [5.41, 5.74) is 0.208. The molecule has 2 fully saturated rings. The molecular weight excluding hydrogens is 470 g/mol. The predicted molar refractivity (Wildman–Crippen MR) is 118 cm³/mol. The van der Waals surface area contributed by atoms with Crippen LogP contribution in [0.25, 0.3) is 0 Å². The van der Waals surface area contributed by atoms with Crippen molar-refractivity contribution in [3.05, 3.63) is 81.6 Å². The predicted octanol–water partition coefficient (Wildman–Crippen LogP) is 4.18. The Balaban J connectivity index is 1.51. The first-order chi connectivity index (χ1) is 15.8. The van der Waals surface area contributed by atoms with Gasteiger partial charge in [0.05, 0.1) is 21.9 Å². The van der Waals surface area contributed by atoms with Gasteiger partial charge in [-0.2, -0.15) is 5.01 Å². The van der Waals surface area contributed by atoms with Gasteiger partial charge in [0.2, 0.25) is 0 Å². The Hall–Kier alpha value is -3.03. The lowest BCUT2D eigenvalue weighted by atomic mass is 9.85. The Bertz CT molecular complexity index is 1200. The number of ketones is 1. The van der Waals surface area contributed by atoms with Gasteiger partial charge < -0.3 is 0 Å². The van der Waals surface area contributed by atoms with Crippen LogP contribution in [-0.2, 0) is 9.59 Å². The number of fused-ring (bicyclic) bond motifs is 5. The van der Waals surface area contributed by atoms with Gasteiger partial charge in [0, 0.05) is 11.1 Å². The Kier molecular flexibility index (Phi) is 5.34. The molecule has 168 valence electrons. The summed E-state index contributed by atoms with van der Waals surface area (Å²) in [5.74, 6) is -4.02. The number of carbonyl (C=O) groups excluding carboxylic acids is 4. The standard InChI is InChI=1S/C24H17Cl2FN2O4/c25-17-8-5-15(10-18(17)26)22(31)28(11-19(30)12-3-6-16(27)7-4-12)29-23(32)20-13-1-2-14(9-13)21(20)24(29)33/h1-8,10,13-14,20-21H,9,11H2. The first-order valence-corrected chi connectivity index (χ1v) is 11.1. The molecule has 4 unspecified atom stereocenters. The maximum Gasteiger partial charge on any atom is 0.273 e. The third-order valence-electron chi connectivity index (χ3n) is 6.55. The number of hydrogen-bond acceptors (Lipinski definition) is 4. The van der Waals surface area contributed by atoms with Gasteiger partial charge in [-0.05, 0) is 60.7 Å². The molecule has 9 heteroatoms. The largest absolute Gasteiger partial charge is 0.292 e. The third-order valence-corrected chi connectivity index (χ3v) is 7.29. The van der Waals surface area contributed by atoms with E-state index < -0.39 is 47.7 Å². The summed E-state index contributed by atoms with van der Waals surface area (Å²) in [6.07, 6.45) is 4.61. The first-order valence-electron chi connectivity index (χ1n) is 10.4. The van der Waals surface area contributed by atoms with Gasteiger partial charge in [-0.15, -0.1) is 0 Å². The molecule has 1 aliphatic heterocycles. The van der Waals surface area contributed by atoms with Crippen molar-refractivity contribution in [3.63, 3.8) is 0 Å². The molecule has 2 aliphatic carbocycles. The highest BCUT2D eigenvalue weighted by Gasteiger charge is 2.61. The van der Waals surface area contributed by atoms with Gasteiger partial charge in [-0.3, -0.25) is 19.2 Å². The number of allylic oxidation sites excluding steroid dienone is 2. The fourth-order valence-corrected chi connectivity index (χ4v) is 5.30. The summed E-state index contributed by atoms with van der Waals surface area (Å²) in [6.45, 7) is -0.579. The van der Waals surface area contributed by atoms with E-state index >= 15 is 0 Å². The number of carbonyl (C=O) groups is 4. The average Bonchev–Trinajstić information content (AvgIpc) is 3.48. The van der Waals surface area contributed by atoms with E-state index in [9.17, 15) is 23.6 Å². The third kappa shape index (κ3) is 3.56. The number of halogens is 3. The fraction of sp³-hybridized carbons (Fsp3) is 0.250. The molecule has 3 aliphatic rings. The molecule has 0 spiro atoms. The van der Waals surface area contributed by atoms with Crippen LogP contribution in [0.2, 0.25) is 10.0 Å². The van der Waals surface area contributed by atoms with Crippen molar-refractivity contribution in [1.29, 1.82) is 0 Å². The highest BCUT2D eigenvalue weighted by Crippen LogP contribution is 2.52. The van der Waals surface area contributed by atoms with E-state index in [-0.39, 0.29) is 33.0 Å². The van der Waals surface area contributed by atoms with Crippen LogP contribution < -0.4 is 0 Å². The van der Waals surface area contributed by atoms with Crippen molar-refractivity contribution in [2.45, 2.75) is 6.42 Å². The number of nitrogens with zero attached hydrogens (tertiary/aromatic N) is 2. The van der Waals surface area contributed by atoms with Gasteiger partial charge >= 0.3 is 0 Å². The molecule has 1 saturated heterocycles. The van der Waals surface area contributed by atoms with Crippen molar-refractivity contribution in [1.82, 2.24) is 10.0 Å². The molecule has 0 aromatic heterocycles. The molecular formula is C24H17Cl2FN2O4. The number of hydrogen-bond donors (Lipinski definition) is 0. The van der Waals surface area contributed by atoms with Crippen LogP contribution in [-0.4, -0.2) is 40.1 Å². The molecule has 0 radical (unpaired) electrons. The minimum atomic E-state index is -0.744. The van der Waals surface area contributed by atoms with Crippen LogP contribution in [0.4, 0.5) is 4.39 Å². The van der Waals surface area contributed by atoms with E-state index in [0.717, 1.165) is 28.6 Å². The second kappa shape index (κ2) is 8.08. The smallest absolute Gasteiger partial charge is 0.273 e. The van der Waals surface area contributed by atoms with Crippen LogP contribution in [0.15, 0.2) is 54.6 Å². The van der Waals surface area contributed by atoms with Crippen molar-refractivity contribution >= 4 is 46.7 Å². The molecule has 33 heavy (non-hydrogen) atoms. The normalized spacial score (nSPS) is 25.0. The number of hydrazine groups is 1. The molecule has 4 atom stereocenters. The lowest BCUT2D eigenvalue weighted by Gasteiger charge is -2.31. The van der Waals surface area contributed by atoms with Crippen LogP contribution >= 0.6 is 23.2 Å².